The van der Waals surface area contributed by atoms with Crippen LogP contribution in [0.5, 0.6) is 17.2 Å². The Bertz CT molecular complexity index is 1840. The van der Waals surface area contributed by atoms with Gasteiger partial charge in [0.05, 0.1) is 23.3 Å². The van der Waals surface area contributed by atoms with Gasteiger partial charge in [0.1, 0.15) is 24.7 Å². The largest absolute Gasteiger partial charge is 0.493 e. The fourth-order valence-corrected chi connectivity index (χ4v) is 4.86. The van der Waals surface area contributed by atoms with Crippen LogP contribution in [0.25, 0.3) is 5.69 Å². The normalized spacial score (nSPS) is 11.0. The summed E-state index contributed by atoms with van der Waals surface area (Å²) in [5, 5.41) is 15.3. The van der Waals surface area contributed by atoms with Crippen LogP contribution in [-0.2, 0) is 13.2 Å². The number of halogens is 1. The van der Waals surface area contributed by atoms with Crippen molar-refractivity contribution in [2.45, 2.75) is 27.1 Å². The molecule has 5 aromatic rings. The Morgan fingerprint density at radius 1 is 1.00 bits per heavy atom. The molecule has 2 aromatic heterocycles. The average Bonchev–Trinajstić information content (AvgIpc) is 3.65. The molecule has 0 spiro atoms. The van der Waals surface area contributed by atoms with E-state index in [4.69, 9.17) is 30.2 Å². The van der Waals surface area contributed by atoms with Gasteiger partial charge in [-0.3, -0.25) is 14.9 Å². The van der Waals surface area contributed by atoms with Gasteiger partial charge in [-0.1, -0.05) is 23.7 Å². The lowest BCUT2D eigenvalue weighted by atomic mass is 10.2. The van der Waals surface area contributed by atoms with E-state index in [-0.39, 0.29) is 35.4 Å². The van der Waals surface area contributed by atoms with Gasteiger partial charge in [0, 0.05) is 29.2 Å². The summed E-state index contributed by atoms with van der Waals surface area (Å²) >= 11 is 6.43. The Labute approximate surface area is 263 Å². The Balaban J connectivity index is 1.15. The van der Waals surface area contributed by atoms with Crippen LogP contribution in [0.4, 0.5) is 5.69 Å². The van der Waals surface area contributed by atoms with Crippen LogP contribution in [0, 0.1) is 24.0 Å². The number of aryl methyl sites for hydroxylation is 2. The molecule has 2 heterocycles. The zero-order chi connectivity index (χ0) is 31.9. The lowest BCUT2D eigenvalue weighted by molar-refractivity contribution is -0.384. The number of nitrogens with zero attached hydrogens (tertiary/aromatic N) is 3. The molecule has 0 fully saturated rings. The monoisotopic (exact) mass is 628 g/mol. The van der Waals surface area contributed by atoms with E-state index < -0.39 is 10.8 Å². The number of hydrogen-bond donors (Lipinski definition) is 1. The molecule has 5 rings (SSSR count). The summed E-state index contributed by atoms with van der Waals surface area (Å²) in [5.41, 5.74) is 6.84. The first-order valence-electron chi connectivity index (χ1n) is 13.8. The number of hydrogen-bond acceptors (Lipinski definition) is 8. The van der Waals surface area contributed by atoms with Crippen LogP contribution < -0.4 is 19.6 Å². The van der Waals surface area contributed by atoms with E-state index in [0.29, 0.717) is 28.4 Å². The van der Waals surface area contributed by atoms with Crippen molar-refractivity contribution in [1.82, 2.24) is 9.99 Å². The van der Waals surface area contributed by atoms with Crippen molar-refractivity contribution in [3.63, 3.8) is 0 Å². The van der Waals surface area contributed by atoms with E-state index in [1.807, 2.05) is 24.3 Å². The minimum absolute atomic E-state index is 0.0392. The van der Waals surface area contributed by atoms with Crippen molar-refractivity contribution in [2.75, 3.05) is 7.11 Å². The number of nitro groups is 1. The Hall–Kier alpha value is -5.55. The molecule has 11 nitrogen and oxygen atoms in total. The first kappa shape index (κ1) is 30.9. The SMILES string of the molecule is COc1cc(/C=N/NC(=O)c2ccc(COc3ccc(-n4c(C)ccc4C)cc3)o2)cc(Cl)c1OCc1cccc([N+](=O)[O-])c1. The molecule has 45 heavy (non-hydrogen) atoms. The van der Waals surface area contributed by atoms with Gasteiger partial charge < -0.3 is 23.2 Å². The van der Waals surface area contributed by atoms with Crippen LogP contribution in [0.3, 0.4) is 0 Å². The summed E-state index contributed by atoms with van der Waals surface area (Å²) in [6, 6.07) is 24.4. The van der Waals surface area contributed by atoms with Gasteiger partial charge >= 0.3 is 5.91 Å². The maximum atomic E-state index is 12.6. The van der Waals surface area contributed by atoms with E-state index in [1.165, 1.54) is 31.5 Å². The molecule has 0 aliphatic rings. The van der Waals surface area contributed by atoms with Crippen molar-refractivity contribution < 1.29 is 28.3 Å². The number of non-ortho nitro benzene ring substituents is 1. The summed E-state index contributed by atoms with van der Waals surface area (Å²) in [5.74, 6) is 1.25. The van der Waals surface area contributed by atoms with Crippen LogP contribution in [0.1, 0.15) is 38.8 Å². The highest BCUT2D eigenvalue weighted by Crippen LogP contribution is 2.36. The maximum Gasteiger partial charge on any atom is 0.307 e. The molecule has 12 heteroatoms. The number of amides is 1. The second-order valence-electron chi connectivity index (χ2n) is 9.95. The topological polar surface area (TPSA) is 130 Å². The summed E-state index contributed by atoms with van der Waals surface area (Å²) in [4.78, 5) is 23.1. The van der Waals surface area contributed by atoms with Gasteiger partial charge in [-0.2, -0.15) is 5.10 Å². The molecule has 0 saturated heterocycles. The molecule has 0 atom stereocenters. The van der Waals surface area contributed by atoms with E-state index in [0.717, 1.165) is 17.1 Å². The van der Waals surface area contributed by atoms with E-state index in [2.05, 4.69) is 41.1 Å². The minimum Gasteiger partial charge on any atom is -0.493 e. The quantitative estimate of drug-likeness (QED) is 0.0879. The number of nitro benzene ring substituents is 1. The lowest BCUT2D eigenvalue weighted by Crippen LogP contribution is -2.16. The number of aromatic nitrogens is 1. The lowest BCUT2D eigenvalue weighted by Gasteiger charge is -2.13. The summed E-state index contributed by atoms with van der Waals surface area (Å²) in [7, 11) is 1.45. The molecular weight excluding hydrogens is 600 g/mol. The standard InChI is InChI=1S/C33H29ClN4O7/c1-21-7-8-22(2)37(21)25-9-11-27(12-10-25)43-20-28-13-14-30(45-28)33(39)36-35-18-24-16-29(34)32(31(17-24)42-3)44-19-23-5-4-6-26(15-23)38(40)41/h4-18H,19-20H2,1-3H3,(H,36,39)/b35-18+. The highest BCUT2D eigenvalue weighted by atomic mass is 35.5. The highest BCUT2D eigenvalue weighted by molar-refractivity contribution is 6.32. The molecular formula is C33H29ClN4O7. The molecule has 1 amide bonds. The molecule has 0 bridgehead atoms. The van der Waals surface area contributed by atoms with Gasteiger partial charge in [-0.25, -0.2) is 5.43 Å². The predicted octanol–water partition coefficient (Wildman–Crippen LogP) is 7.18. The summed E-state index contributed by atoms with van der Waals surface area (Å²) in [6.45, 7) is 4.30. The molecule has 0 unspecified atom stereocenters. The number of nitrogens with one attached hydrogen (secondary N) is 1. The smallest absolute Gasteiger partial charge is 0.307 e. The second-order valence-corrected chi connectivity index (χ2v) is 10.4. The molecule has 3 aromatic carbocycles. The second kappa shape index (κ2) is 13.8. The third-order valence-electron chi connectivity index (χ3n) is 6.77. The first-order valence-corrected chi connectivity index (χ1v) is 14.1. The van der Waals surface area contributed by atoms with Gasteiger partial charge in [-0.15, -0.1) is 0 Å². The number of rotatable bonds is 12. The highest BCUT2D eigenvalue weighted by Gasteiger charge is 2.14. The van der Waals surface area contributed by atoms with Crippen molar-refractivity contribution in [2.24, 2.45) is 5.10 Å². The number of carbonyl (C=O) groups is 1. The Morgan fingerprint density at radius 2 is 1.76 bits per heavy atom. The van der Waals surface area contributed by atoms with Gasteiger partial charge in [0.15, 0.2) is 17.3 Å². The number of carbonyl (C=O) groups excluding carboxylic acids is 1. The van der Waals surface area contributed by atoms with Gasteiger partial charge in [0.25, 0.3) is 5.69 Å². The van der Waals surface area contributed by atoms with Crippen LogP contribution in [-0.4, -0.2) is 28.7 Å². The van der Waals surface area contributed by atoms with Crippen molar-refractivity contribution >= 4 is 29.4 Å². The molecule has 230 valence electrons. The zero-order valence-electron chi connectivity index (χ0n) is 24.7. The summed E-state index contributed by atoms with van der Waals surface area (Å²) in [6.07, 6.45) is 1.39. The third-order valence-corrected chi connectivity index (χ3v) is 7.05. The van der Waals surface area contributed by atoms with Crippen molar-refractivity contribution in [1.29, 1.82) is 0 Å². The number of hydrazone groups is 1. The van der Waals surface area contributed by atoms with Crippen molar-refractivity contribution in [3.8, 4) is 22.9 Å². The van der Waals surface area contributed by atoms with E-state index >= 15 is 0 Å². The van der Waals surface area contributed by atoms with E-state index in [9.17, 15) is 14.9 Å². The van der Waals surface area contributed by atoms with E-state index in [1.54, 1.807) is 30.3 Å². The molecule has 0 saturated carbocycles. The number of methoxy groups -OCH3 is 1. The minimum atomic E-state index is -0.547. The van der Waals surface area contributed by atoms with Crippen LogP contribution in [0.15, 0.2) is 94.4 Å². The van der Waals surface area contributed by atoms with Crippen LogP contribution >= 0.6 is 11.6 Å². The molecule has 0 radical (unpaired) electrons. The number of ether oxygens (including phenoxy) is 3. The maximum absolute atomic E-state index is 12.6. The predicted molar refractivity (Wildman–Crippen MR) is 169 cm³/mol. The fraction of sp³-hybridized carbons (Fsp3) is 0.152. The van der Waals surface area contributed by atoms with Crippen LogP contribution in [0.2, 0.25) is 5.02 Å². The fourth-order valence-electron chi connectivity index (χ4n) is 4.59. The molecule has 1 N–H and O–H groups in total. The van der Waals surface area contributed by atoms with Crippen molar-refractivity contribution in [3.05, 3.63) is 134 Å². The zero-order valence-corrected chi connectivity index (χ0v) is 25.4. The molecule has 0 aliphatic heterocycles. The number of furan rings is 1. The number of benzene rings is 3. The summed E-state index contributed by atoms with van der Waals surface area (Å²) < 4.78 is 24.8. The Morgan fingerprint density at radius 3 is 2.47 bits per heavy atom. The third kappa shape index (κ3) is 7.51. The van der Waals surface area contributed by atoms with Gasteiger partial charge in [-0.05, 0) is 85.6 Å². The first-order chi connectivity index (χ1) is 21.7. The Kier molecular flexibility index (Phi) is 9.49. The average molecular weight is 629 g/mol. The molecule has 0 aliphatic carbocycles. The van der Waals surface area contributed by atoms with Gasteiger partial charge in [0.2, 0.25) is 0 Å².